The van der Waals surface area contributed by atoms with Gasteiger partial charge < -0.3 is 5.32 Å². The van der Waals surface area contributed by atoms with Crippen LogP contribution in [0.25, 0.3) is 0 Å². The summed E-state index contributed by atoms with van der Waals surface area (Å²) in [7, 11) is 0. The molecular formula is C17H26ClN. The van der Waals surface area contributed by atoms with Gasteiger partial charge >= 0.3 is 0 Å². The van der Waals surface area contributed by atoms with Crippen LogP contribution in [0.2, 0.25) is 5.02 Å². The molecule has 1 atom stereocenters. The third kappa shape index (κ3) is 4.50. The number of halogens is 1. The largest absolute Gasteiger partial charge is 0.316 e. The normalized spacial score (nSPS) is 17.8. The molecule has 1 aliphatic carbocycles. The summed E-state index contributed by atoms with van der Waals surface area (Å²) in [5, 5.41) is 4.51. The zero-order chi connectivity index (χ0) is 13.5. The van der Waals surface area contributed by atoms with Crippen molar-refractivity contribution < 1.29 is 0 Å². The molecule has 1 nitrogen and oxygen atoms in total. The summed E-state index contributed by atoms with van der Waals surface area (Å²) in [4.78, 5) is 0. The Labute approximate surface area is 122 Å². The van der Waals surface area contributed by atoms with E-state index in [1.165, 1.54) is 44.1 Å². The van der Waals surface area contributed by atoms with E-state index in [2.05, 4.69) is 24.4 Å². The van der Waals surface area contributed by atoms with Crippen LogP contribution in [0.5, 0.6) is 0 Å². The topological polar surface area (TPSA) is 12.0 Å². The summed E-state index contributed by atoms with van der Waals surface area (Å²) in [5.41, 5.74) is 1.33. The molecule has 0 radical (unpaired) electrons. The van der Waals surface area contributed by atoms with Crippen molar-refractivity contribution in [2.75, 3.05) is 13.1 Å². The van der Waals surface area contributed by atoms with Gasteiger partial charge in [-0.25, -0.2) is 0 Å². The summed E-state index contributed by atoms with van der Waals surface area (Å²) in [6, 6.07) is 8.37. The minimum Gasteiger partial charge on any atom is -0.316 e. The summed E-state index contributed by atoms with van der Waals surface area (Å²) in [6.07, 6.45) is 8.15. The van der Waals surface area contributed by atoms with Gasteiger partial charge in [0.1, 0.15) is 0 Å². The first-order valence-corrected chi connectivity index (χ1v) is 8.14. The van der Waals surface area contributed by atoms with Crippen LogP contribution < -0.4 is 5.32 Å². The van der Waals surface area contributed by atoms with Crippen LogP contribution >= 0.6 is 11.6 Å². The molecular weight excluding hydrogens is 254 g/mol. The Morgan fingerprint density at radius 3 is 2.68 bits per heavy atom. The summed E-state index contributed by atoms with van der Waals surface area (Å²) < 4.78 is 0. The van der Waals surface area contributed by atoms with Crippen LogP contribution in [0.15, 0.2) is 24.3 Å². The molecule has 106 valence electrons. The number of nitrogens with one attached hydrogen (secondary N) is 1. The Hall–Kier alpha value is -0.530. The molecule has 1 saturated carbocycles. The van der Waals surface area contributed by atoms with Gasteiger partial charge in [-0.1, -0.05) is 62.4 Å². The minimum absolute atomic E-state index is 0.573. The molecule has 0 bridgehead atoms. The number of rotatable bonds is 7. The molecule has 1 N–H and O–H groups in total. The highest BCUT2D eigenvalue weighted by molar-refractivity contribution is 6.31. The van der Waals surface area contributed by atoms with Crippen LogP contribution in [-0.4, -0.2) is 13.1 Å². The van der Waals surface area contributed by atoms with E-state index in [9.17, 15) is 0 Å². The van der Waals surface area contributed by atoms with Crippen LogP contribution in [-0.2, 0) is 0 Å². The number of hydrogen-bond donors (Lipinski definition) is 1. The number of benzene rings is 1. The van der Waals surface area contributed by atoms with Gasteiger partial charge in [0.25, 0.3) is 0 Å². The van der Waals surface area contributed by atoms with Crippen molar-refractivity contribution >= 4 is 11.6 Å². The maximum atomic E-state index is 6.39. The fourth-order valence-electron chi connectivity index (χ4n) is 3.23. The highest BCUT2D eigenvalue weighted by Crippen LogP contribution is 2.35. The van der Waals surface area contributed by atoms with Gasteiger partial charge in [0.2, 0.25) is 0 Å². The van der Waals surface area contributed by atoms with Gasteiger partial charge in [-0.15, -0.1) is 0 Å². The highest BCUT2D eigenvalue weighted by atomic mass is 35.5. The summed E-state index contributed by atoms with van der Waals surface area (Å²) >= 11 is 6.39. The van der Waals surface area contributed by atoms with Crippen LogP contribution in [0, 0.1) is 5.92 Å². The standard InChI is InChI=1S/C17H26ClN/c1-2-11-19-13-15(12-14-7-3-4-8-14)16-9-5-6-10-17(16)18/h5-6,9-10,14-15,19H,2-4,7-8,11-13H2,1H3. The van der Waals surface area contributed by atoms with Crippen LogP contribution in [0.3, 0.4) is 0 Å². The second-order valence-electron chi connectivity index (χ2n) is 5.81. The second-order valence-corrected chi connectivity index (χ2v) is 6.22. The first kappa shape index (κ1) is 14.9. The summed E-state index contributed by atoms with van der Waals surface area (Å²) in [6.45, 7) is 4.38. The molecule has 1 aromatic rings. The van der Waals surface area contributed by atoms with E-state index in [1.807, 2.05) is 12.1 Å². The van der Waals surface area contributed by atoms with Gasteiger partial charge in [-0.3, -0.25) is 0 Å². The van der Waals surface area contributed by atoms with Crippen molar-refractivity contribution in [1.29, 1.82) is 0 Å². The minimum atomic E-state index is 0.573. The zero-order valence-corrected chi connectivity index (χ0v) is 12.8. The van der Waals surface area contributed by atoms with Crippen LogP contribution in [0.1, 0.15) is 56.9 Å². The van der Waals surface area contributed by atoms with Crippen LogP contribution in [0.4, 0.5) is 0 Å². The van der Waals surface area contributed by atoms with E-state index in [4.69, 9.17) is 11.6 Å². The Balaban J connectivity index is 2.02. The lowest BCUT2D eigenvalue weighted by atomic mass is 9.87. The zero-order valence-electron chi connectivity index (χ0n) is 12.0. The molecule has 0 aromatic heterocycles. The lowest BCUT2D eigenvalue weighted by Gasteiger charge is -2.22. The van der Waals surface area contributed by atoms with E-state index in [0.29, 0.717) is 5.92 Å². The molecule has 0 saturated heterocycles. The molecule has 2 rings (SSSR count). The van der Waals surface area contributed by atoms with Crippen molar-refractivity contribution in [2.45, 2.75) is 51.4 Å². The molecule has 0 amide bonds. The van der Waals surface area contributed by atoms with Gasteiger partial charge in [0.05, 0.1) is 0 Å². The third-order valence-electron chi connectivity index (χ3n) is 4.26. The molecule has 0 spiro atoms. The van der Waals surface area contributed by atoms with Crippen molar-refractivity contribution in [1.82, 2.24) is 5.32 Å². The third-order valence-corrected chi connectivity index (χ3v) is 4.60. The maximum absolute atomic E-state index is 6.39. The van der Waals surface area contributed by atoms with Crippen molar-refractivity contribution in [3.05, 3.63) is 34.9 Å². The SMILES string of the molecule is CCCNCC(CC1CCCC1)c1ccccc1Cl. The van der Waals surface area contributed by atoms with E-state index in [1.54, 1.807) is 0 Å². The highest BCUT2D eigenvalue weighted by Gasteiger charge is 2.22. The Bertz CT molecular complexity index is 371. The van der Waals surface area contributed by atoms with Crippen molar-refractivity contribution in [3.63, 3.8) is 0 Å². The average Bonchev–Trinajstić information content (AvgIpc) is 2.91. The fourth-order valence-corrected chi connectivity index (χ4v) is 3.52. The van der Waals surface area contributed by atoms with Gasteiger partial charge in [-0.05, 0) is 42.9 Å². The second kappa shape index (κ2) is 7.91. The predicted molar refractivity (Wildman–Crippen MR) is 83.9 cm³/mol. The molecule has 19 heavy (non-hydrogen) atoms. The fraction of sp³-hybridized carbons (Fsp3) is 0.647. The molecule has 1 aliphatic rings. The maximum Gasteiger partial charge on any atom is 0.0441 e. The van der Waals surface area contributed by atoms with E-state index < -0.39 is 0 Å². The molecule has 2 heteroatoms. The smallest absolute Gasteiger partial charge is 0.0441 e. The Morgan fingerprint density at radius 1 is 1.26 bits per heavy atom. The van der Waals surface area contributed by atoms with Crippen molar-refractivity contribution in [3.8, 4) is 0 Å². The first-order chi connectivity index (χ1) is 9.31. The first-order valence-electron chi connectivity index (χ1n) is 7.76. The number of hydrogen-bond acceptors (Lipinski definition) is 1. The average molecular weight is 280 g/mol. The van der Waals surface area contributed by atoms with E-state index in [0.717, 1.165) is 24.0 Å². The molecule has 1 fully saturated rings. The lowest BCUT2D eigenvalue weighted by Crippen LogP contribution is -2.24. The van der Waals surface area contributed by atoms with E-state index in [-0.39, 0.29) is 0 Å². The molecule has 1 aromatic carbocycles. The Kier molecular flexibility index (Phi) is 6.19. The lowest BCUT2D eigenvalue weighted by molar-refractivity contribution is 0.427. The van der Waals surface area contributed by atoms with Crippen molar-refractivity contribution in [2.24, 2.45) is 5.92 Å². The monoisotopic (exact) mass is 279 g/mol. The van der Waals surface area contributed by atoms with Gasteiger partial charge in [0, 0.05) is 11.6 Å². The Morgan fingerprint density at radius 2 is 2.00 bits per heavy atom. The molecule has 0 heterocycles. The van der Waals surface area contributed by atoms with E-state index >= 15 is 0 Å². The van der Waals surface area contributed by atoms with Gasteiger partial charge in [-0.2, -0.15) is 0 Å². The van der Waals surface area contributed by atoms with Gasteiger partial charge in [0.15, 0.2) is 0 Å². The molecule has 1 unspecified atom stereocenters. The molecule has 0 aliphatic heterocycles. The summed E-state index contributed by atoms with van der Waals surface area (Å²) in [5.74, 6) is 1.48. The quantitative estimate of drug-likeness (QED) is 0.692. The predicted octanol–water partition coefficient (Wildman–Crippen LogP) is 5.00.